The van der Waals surface area contributed by atoms with Crippen LogP contribution in [-0.4, -0.2) is 31.8 Å². The summed E-state index contributed by atoms with van der Waals surface area (Å²) in [6.07, 6.45) is 2.36. The van der Waals surface area contributed by atoms with E-state index in [2.05, 4.69) is 14.1 Å². The normalized spacial score (nSPS) is 11.8. The summed E-state index contributed by atoms with van der Waals surface area (Å²) in [4.78, 5) is 22.7. The lowest BCUT2D eigenvalue weighted by atomic mass is 10.0. The number of amides is 1. The Kier molecular flexibility index (Phi) is 5.39. The zero-order chi connectivity index (χ0) is 15.1. The van der Waals surface area contributed by atoms with Gasteiger partial charge in [0.05, 0.1) is 17.9 Å². The van der Waals surface area contributed by atoms with Crippen molar-refractivity contribution in [2.24, 2.45) is 0 Å². The third-order valence-electron chi connectivity index (χ3n) is 2.96. The molecule has 0 spiro atoms. The van der Waals surface area contributed by atoms with Gasteiger partial charge < -0.3 is 10.4 Å². The highest BCUT2D eigenvalue weighted by molar-refractivity contribution is 6.99. The van der Waals surface area contributed by atoms with Gasteiger partial charge in [-0.3, -0.25) is 9.59 Å². The van der Waals surface area contributed by atoms with E-state index in [1.54, 1.807) is 0 Å². The Bertz CT molecular complexity index is 587. The van der Waals surface area contributed by atoms with E-state index in [-0.39, 0.29) is 24.1 Å². The average molecular weight is 305 g/mol. The lowest BCUT2D eigenvalue weighted by Crippen LogP contribution is -2.37. The number of carbonyl (C=O) groups excluding carboxylic acids is 1. The van der Waals surface area contributed by atoms with Crippen molar-refractivity contribution in [3.8, 4) is 0 Å². The molecule has 0 aliphatic rings. The Morgan fingerprint density at radius 2 is 2.05 bits per heavy atom. The Hall–Kier alpha value is -2.28. The molecule has 6 nitrogen and oxygen atoms in total. The predicted molar refractivity (Wildman–Crippen MR) is 78.2 cm³/mol. The van der Waals surface area contributed by atoms with Gasteiger partial charge in [0.15, 0.2) is 5.69 Å². The molecule has 1 aromatic heterocycles. The first-order valence-electron chi connectivity index (χ1n) is 6.49. The van der Waals surface area contributed by atoms with Crippen LogP contribution in [0.15, 0.2) is 36.5 Å². The molecule has 0 fully saturated rings. The molecule has 0 aliphatic heterocycles. The summed E-state index contributed by atoms with van der Waals surface area (Å²) in [5.74, 6) is -1.20. The number of nitrogens with one attached hydrogen (secondary N) is 1. The van der Waals surface area contributed by atoms with Crippen LogP contribution in [0.3, 0.4) is 0 Å². The van der Waals surface area contributed by atoms with Gasteiger partial charge in [0, 0.05) is 12.5 Å². The lowest BCUT2D eigenvalue weighted by molar-refractivity contribution is -0.137. The van der Waals surface area contributed by atoms with E-state index in [4.69, 9.17) is 5.11 Å². The summed E-state index contributed by atoms with van der Waals surface area (Å²) in [6, 6.07) is 9.38. The molecule has 2 rings (SSSR count). The van der Waals surface area contributed by atoms with E-state index < -0.39 is 5.97 Å². The van der Waals surface area contributed by atoms with E-state index in [0.29, 0.717) is 12.8 Å². The highest BCUT2D eigenvalue weighted by atomic mass is 32.1. The second-order valence-corrected chi connectivity index (χ2v) is 5.14. The first-order valence-corrected chi connectivity index (χ1v) is 7.22. The highest BCUT2D eigenvalue weighted by Gasteiger charge is 2.17. The standard InChI is InChI=1S/C14H15N3O3S/c18-13(19)7-6-11(8-10-4-2-1-3-5-10)16-14(20)12-9-15-21-17-12/h1-5,9,11H,6-8H2,(H,16,20)(H,18,19). The van der Waals surface area contributed by atoms with Crippen LogP contribution in [0.25, 0.3) is 0 Å². The first-order chi connectivity index (χ1) is 10.1. The molecule has 1 unspecified atom stereocenters. The summed E-state index contributed by atoms with van der Waals surface area (Å²) >= 11 is 0.962. The molecule has 0 saturated heterocycles. The third kappa shape index (κ3) is 4.96. The summed E-state index contributed by atoms with van der Waals surface area (Å²) in [5, 5.41) is 11.6. The van der Waals surface area contributed by atoms with Gasteiger partial charge in [-0.05, 0) is 18.4 Å². The number of rotatable bonds is 7. The molecule has 2 aromatic rings. The zero-order valence-electron chi connectivity index (χ0n) is 11.2. The van der Waals surface area contributed by atoms with Crippen molar-refractivity contribution in [2.75, 3.05) is 0 Å². The summed E-state index contributed by atoms with van der Waals surface area (Å²) in [7, 11) is 0. The summed E-state index contributed by atoms with van der Waals surface area (Å²) < 4.78 is 7.66. The van der Waals surface area contributed by atoms with Crippen LogP contribution < -0.4 is 5.32 Å². The van der Waals surface area contributed by atoms with Crippen LogP contribution in [0.5, 0.6) is 0 Å². The van der Waals surface area contributed by atoms with Gasteiger partial charge in [0.25, 0.3) is 5.91 Å². The minimum Gasteiger partial charge on any atom is -0.481 e. The smallest absolute Gasteiger partial charge is 0.303 e. The van der Waals surface area contributed by atoms with Crippen molar-refractivity contribution in [3.63, 3.8) is 0 Å². The summed E-state index contributed by atoms with van der Waals surface area (Å²) in [5.41, 5.74) is 1.30. The number of aliphatic carboxylic acids is 1. The Morgan fingerprint density at radius 3 is 2.67 bits per heavy atom. The Labute approximate surface area is 126 Å². The SMILES string of the molecule is O=C(O)CCC(Cc1ccccc1)NC(=O)c1cnsn1. The van der Waals surface area contributed by atoms with Crippen molar-refractivity contribution in [2.45, 2.75) is 25.3 Å². The maximum atomic E-state index is 12.0. The second kappa shape index (κ2) is 7.49. The van der Waals surface area contributed by atoms with Crippen molar-refractivity contribution in [3.05, 3.63) is 47.8 Å². The van der Waals surface area contributed by atoms with E-state index in [9.17, 15) is 9.59 Å². The van der Waals surface area contributed by atoms with Gasteiger partial charge in [-0.1, -0.05) is 30.3 Å². The molecule has 0 saturated carbocycles. The van der Waals surface area contributed by atoms with E-state index in [1.807, 2.05) is 30.3 Å². The quantitative estimate of drug-likeness (QED) is 0.813. The van der Waals surface area contributed by atoms with E-state index >= 15 is 0 Å². The van der Waals surface area contributed by atoms with Crippen LogP contribution in [-0.2, 0) is 11.2 Å². The predicted octanol–water partition coefficient (Wildman–Crippen LogP) is 1.74. The first kappa shape index (κ1) is 15.1. The monoisotopic (exact) mass is 305 g/mol. The molecule has 1 amide bonds. The molecule has 7 heteroatoms. The minimum absolute atomic E-state index is 0.00704. The molecule has 1 aromatic carbocycles. The second-order valence-electron chi connectivity index (χ2n) is 4.59. The Morgan fingerprint density at radius 1 is 1.29 bits per heavy atom. The Balaban J connectivity index is 2.01. The van der Waals surface area contributed by atoms with Gasteiger partial charge in [-0.2, -0.15) is 8.75 Å². The zero-order valence-corrected chi connectivity index (χ0v) is 12.0. The number of benzene rings is 1. The van der Waals surface area contributed by atoms with Gasteiger partial charge in [-0.25, -0.2) is 0 Å². The van der Waals surface area contributed by atoms with Crippen molar-refractivity contribution < 1.29 is 14.7 Å². The molecule has 0 bridgehead atoms. The van der Waals surface area contributed by atoms with Gasteiger partial charge in [0.2, 0.25) is 0 Å². The van der Waals surface area contributed by atoms with Crippen LogP contribution in [0, 0.1) is 0 Å². The molecule has 0 radical (unpaired) electrons. The average Bonchev–Trinajstić information content (AvgIpc) is 3.00. The molecular weight excluding hydrogens is 290 g/mol. The van der Waals surface area contributed by atoms with Gasteiger partial charge in [0.1, 0.15) is 0 Å². The van der Waals surface area contributed by atoms with Crippen molar-refractivity contribution in [1.82, 2.24) is 14.1 Å². The number of carboxylic acid groups (broad SMARTS) is 1. The van der Waals surface area contributed by atoms with Crippen LogP contribution in [0.2, 0.25) is 0 Å². The van der Waals surface area contributed by atoms with Gasteiger partial charge >= 0.3 is 5.97 Å². The fraction of sp³-hybridized carbons (Fsp3) is 0.286. The number of carboxylic acids is 1. The minimum atomic E-state index is -0.877. The number of aromatic nitrogens is 2. The lowest BCUT2D eigenvalue weighted by Gasteiger charge is -2.17. The third-order valence-corrected chi connectivity index (χ3v) is 3.44. The van der Waals surface area contributed by atoms with Crippen LogP contribution in [0.1, 0.15) is 28.9 Å². The fourth-order valence-electron chi connectivity index (χ4n) is 1.95. The van der Waals surface area contributed by atoms with E-state index in [0.717, 1.165) is 17.3 Å². The van der Waals surface area contributed by atoms with E-state index in [1.165, 1.54) is 6.20 Å². The molecular formula is C14H15N3O3S. The summed E-state index contributed by atoms with van der Waals surface area (Å²) in [6.45, 7) is 0. The van der Waals surface area contributed by atoms with Crippen molar-refractivity contribution in [1.29, 1.82) is 0 Å². The number of carbonyl (C=O) groups is 2. The molecule has 2 N–H and O–H groups in total. The molecule has 1 atom stereocenters. The molecule has 110 valence electrons. The highest BCUT2D eigenvalue weighted by Crippen LogP contribution is 2.09. The maximum absolute atomic E-state index is 12.0. The largest absolute Gasteiger partial charge is 0.481 e. The fourth-order valence-corrected chi connectivity index (χ4v) is 2.36. The topological polar surface area (TPSA) is 92.2 Å². The number of hydrogen-bond acceptors (Lipinski definition) is 5. The maximum Gasteiger partial charge on any atom is 0.303 e. The number of hydrogen-bond donors (Lipinski definition) is 2. The van der Waals surface area contributed by atoms with Gasteiger partial charge in [-0.15, -0.1) is 0 Å². The van der Waals surface area contributed by atoms with Crippen molar-refractivity contribution >= 4 is 23.6 Å². The molecule has 0 aliphatic carbocycles. The number of nitrogens with zero attached hydrogens (tertiary/aromatic N) is 2. The molecule has 21 heavy (non-hydrogen) atoms. The molecule has 1 heterocycles. The van der Waals surface area contributed by atoms with Crippen LogP contribution in [0.4, 0.5) is 0 Å². The van der Waals surface area contributed by atoms with Crippen LogP contribution >= 0.6 is 11.7 Å².